The Kier molecular flexibility index (Phi) is 4.29. The van der Waals surface area contributed by atoms with Crippen LogP contribution in [0.5, 0.6) is 17.2 Å². The van der Waals surface area contributed by atoms with E-state index in [9.17, 15) is 0 Å². The molecule has 0 aromatic heterocycles. The van der Waals surface area contributed by atoms with Crippen molar-refractivity contribution in [3.8, 4) is 17.2 Å². The van der Waals surface area contributed by atoms with Crippen LogP contribution in [0.4, 0.5) is 0 Å². The fourth-order valence-electron chi connectivity index (χ4n) is 1.84. The second-order valence-corrected chi connectivity index (χ2v) is 4.29. The van der Waals surface area contributed by atoms with Gasteiger partial charge in [0.1, 0.15) is 12.4 Å². The van der Waals surface area contributed by atoms with Crippen molar-refractivity contribution in [2.24, 2.45) is 0 Å². The van der Waals surface area contributed by atoms with Gasteiger partial charge in [-0.2, -0.15) is 0 Å². The molecule has 0 aliphatic rings. The Morgan fingerprint density at radius 3 is 2.37 bits per heavy atom. The molecule has 19 heavy (non-hydrogen) atoms. The molecular formula is C16H18O3. The standard InChI is InChI=1S/C16H18O3/c1-12-5-4-6-14(9-12)19-11-13-7-8-15(17-2)16(10-13)18-3/h4-10H,11H2,1-3H3. The molecule has 0 saturated heterocycles. The maximum absolute atomic E-state index is 5.75. The Bertz CT molecular complexity index is 549. The molecular weight excluding hydrogens is 240 g/mol. The number of benzene rings is 2. The average molecular weight is 258 g/mol. The Balaban J connectivity index is 2.07. The molecule has 3 nitrogen and oxygen atoms in total. The topological polar surface area (TPSA) is 27.7 Å². The molecule has 2 aromatic carbocycles. The summed E-state index contributed by atoms with van der Waals surface area (Å²) in [5.74, 6) is 2.31. The van der Waals surface area contributed by atoms with Gasteiger partial charge in [-0.15, -0.1) is 0 Å². The first kappa shape index (κ1) is 13.3. The number of aryl methyl sites for hydroxylation is 1. The van der Waals surface area contributed by atoms with Crippen LogP contribution in [-0.2, 0) is 6.61 Å². The second kappa shape index (κ2) is 6.14. The highest BCUT2D eigenvalue weighted by Gasteiger charge is 2.05. The highest BCUT2D eigenvalue weighted by atomic mass is 16.5. The van der Waals surface area contributed by atoms with Gasteiger partial charge in [0.05, 0.1) is 14.2 Å². The zero-order chi connectivity index (χ0) is 13.7. The number of hydrogen-bond donors (Lipinski definition) is 0. The lowest BCUT2D eigenvalue weighted by atomic mass is 10.2. The van der Waals surface area contributed by atoms with Crippen molar-refractivity contribution in [3.05, 3.63) is 53.6 Å². The zero-order valence-electron chi connectivity index (χ0n) is 11.5. The lowest BCUT2D eigenvalue weighted by Gasteiger charge is -2.11. The minimum absolute atomic E-state index is 0.504. The van der Waals surface area contributed by atoms with Crippen LogP contribution >= 0.6 is 0 Å². The number of methoxy groups -OCH3 is 2. The van der Waals surface area contributed by atoms with Crippen molar-refractivity contribution in [2.45, 2.75) is 13.5 Å². The molecule has 0 aliphatic heterocycles. The summed E-state index contributed by atoms with van der Waals surface area (Å²) in [7, 11) is 3.25. The van der Waals surface area contributed by atoms with Crippen molar-refractivity contribution < 1.29 is 14.2 Å². The van der Waals surface area contributed by atoms with Crippen LogP contribution in [0.15, 0.2) is 42.5 Å². The van der Waals surface area contributed by atoms with Gasteiger partial charge in [0.2, 0.25) is 0 Å². The summed E-state index contributed by atoms with van der Waals surface area (Å²) in [6, 6.07) is 13.8. The van der Waals surface area contributed by atoms with E-state index < -0.39 is 0 Å². The molecule has 2 rings (SSSR count). The van der Waals surface area contributed by atoms with Crippen molar-refractivity contribution >= 4 is 0 Å². The fourth-order valence-corrected chi connectivity index (χ4v) is 1.84. The summed E-state index contributed by atoms with van der Waals surface area (Å²) in [6.07, 6.45) is 0. The molecule has 0 saturated carbocycles. The predicted octanol–water partition coefficient (Wildman–Crippen LogP) is 3.59. The van der Waals surface area contributed by atoms with E-state index in [1.165, 1.54) is 5.56 Å². The molecule has 0 N–H and O–H groups in total. The first-order valence-electron chi connectivity index (χ1n) is 6.13. The maximum Gasteiger partial charge on any atom is 0.161 e. The highest BCUT2D eigenvalue weighted by molar-refractivity contribution is 5.42. The van der Waals surface area contributed by atoms with E-state index in [1.54, 1.807) is 14.2 Å². The normalized spacial score (nSPS) is 10.1. The molecule has 0 atom stereocenters. The van der Waals surface area contributed by atoms with E-state index in [4.69, 9.17) is 14.2 Å². The monoisotopic (exact) mass is 258 g/mol. The Morgan fingerprint density at radius 2 is 1.68 bits per heavy atom. The van der Waals surface area contributed by atoms with Gasteiger partial charge in [-0.3, -0.25) is 0 Å². The van der Waals surface area contributed by atoms with E-state index >= 15 is 0 Å². The van der Waals surface area contributed by atoms with Crippen molar-refractivity contribution in [1.82, 2.24) is 0 Å². The van der Waals surface area contributed by atoms with Crippen LogP contribution < -0.4 is 14.2 Å². The van der Waals surface area contributed by atoms with Crippen LogP contribution in [0.3, 0.4) is 0 Å². The molecule has 0 unspecified atom stereocenters. The lowest BCUT2D eigenvalue weighted by molar-refractivity contribution is 0.303. The molecule has 0 bridgehead atoms. The maximum atomic E-state index is 5.75. The van der Waals surface area contributed by atoms with Gasteiger partial charge in [0.15, 0.2) is 11.5 Å². The predicted molar refractivity (Wildman–Crippen MR) is 75.1 cm³/mol. The Hall–Kier alpha value is -2.16. The molecule has 0 aliphatic carbocycles. The van der Waals surface area contributed by atoms with Crippen molar-refractivity contribution in [3.63, 3.8) is 0 Å². The van der Waals surface area contributed by atoms with Crippen LogP contribution in [0.2, 0.25) is 0 Å². The van der Waals surface area contributed by atoms with E-state index in [1.807, 2.05) is 49.4 Å². The van der Waals surface area contributed by atoms with Crippen LogP contribution in [0, 0.1) is 6.92 Å². The van der Waals surface area contributed by atoms with Gasteiger partial charge in [-0.05, 0) is 42.3 Å². The summed E-state index contributed by atoms with van der Waals surface area (Å²) in [6.45, 7) is 2.55. The van der Waals surface area contributed by atoms with Crippen molar-refractivity contribution in [1.29, 1.82) is 0 Å². The van der Waals surface area contributed by atoms with Gasteiger partial charge in [0, 0.05) is 0 Å². The summed E-state index contributed by atoms with van der Waals surface area (Å²) in [4.78, 5) is 0. The Morgan fingerprint density at radius 1 is 0.895 bits per heavy atom. The molecule has 0 heterocycles. The summed E-state index contributed by atoms with van der Waals surface area (Å²) >= 11 is 0. The average Bonchev–Trinajstić information content (AvgIpc) is 2.45. The number of rotatable bonds is 5. The smallest absolute Gasteiger partial charge is 0.161 e. The van der Waals surface area contributed by atoms with Gasteiger partial charge >= 0.3 is 0 Å². The largest absolute Gasteiger partial charge is 0.493 e. The minimum Gasteiger partial charge on any atom is -0.493 e. The van der Waals surface area contributed by atoms with Gasteiger partial charge in [0.25, 0.3) is 0 Å². The molecule has 0 amide bonds. The summed E-state index contributed by atoms with van der Waals surface area (Å²) in [5.41, 5.74) is 2.23. The molecule has 2 aromatic rings. The SMILES string of the molecule is COc1ccc(COc2cccc(C)c2)cc1OC. The van der Waals surface area contributed by atoms with E-state index in [2.05, 4.69) is 0 Å². The fraction of sp³-hybridized carbons (Fsp3) is 0.250. The van der Waals surface area contributed by atoms with Crippen LogP contribution in [0.1, 0.15) is 11.1 Å². The number of ether oxygens (including phenoxy) is 3. The van der Waals surface area contributed by atoms with Crippen LogP contribution in [0.25, 0.3) is 0 Å². The molecule has 0 fully saturated rings. The first-order chi connectivity index (χ1) is 9.22. The lowest BCUT2D eigenvalue weighted by Crippen LogP contribution is -1.97. The highest BCUT2D eigenvalue weighted by Crippen LogP contribution is 2.28. The summed E-state index contributed by atoms with van der Waals surface area (Å²) < 4.78 is 16.2. The molecule has 3 heteroatoms. The van der Waals surface area contributed by atoms with Gasteiger partial charge in [-0.1, -0.05) is 18.2 Å². The third-order valence-electron chi connectivity index (χ3n) is 2.84. The molecule has 0 spiro atoms. The third kappa shape index (κ3) is 3.41. The molecule has 0 radical (unpaired) electrons. The van der Waals surface area contributed by atoms with Gasteiger partial charge < -0.3 is 14.2 Å². The Labute approximate surface area is 113 Å². The quantitative estimate of drug-likeness (QED) is 0.820. The van der Waals surface area contributed by atoms with E-state index in [0.29, 0.717) is 12.4 Å². The second-order valence-electron chi connectivity index (χ2n) is 4.29. The molecule has 100 valence electrons. The minimum atomic E-state index is 0.504. The summed E-state index contributed by atoms with van der Waals surface area (Å²) in [5, 5.41) is 0. The van der Waals surface area contributed by atoms with Crippen molar-refractivity contribution in [2.75, 3.05) is 14.2 Å². The third-order valence-corrected chi connectivity index (χ3v) is 2.84. The van der Waals surface area contributed by atoms with E-state index in [0.717, 1.165) is 17.1 Å². The number of hydrogen-bond acceptors (Lipinski definition) is 3. The zero-order valence-corrected chi connectivity index (χ0v) is 11.5. The first-order valence-corrected chi connectivity index (χ1v) is 6.13. The van der Waals surface area contributed by atoms with E-state index in [-0.39, 0.29) is 0 Å². The van der Waals surface area contributed by atoms with Gasteiger partial charge in [-0.25, -0.2) is 0 Å². The van der Waals surface area contributed by atoms with Crippen LogP contribution in [-0.4, -0.2) is 14.2 Å².